The Morgan fingerprint density at radius 3 is 1.46 bits per heavy atom. The van der Waals surface area contributed by atoms with Gasteiger partial charge in [0.2, 0.25) is 6.79 Å². The van der Waals surface area contributed by atoms with Crippen LogP contribution in [0.3, 0.4) is 0 Å². The molecule has 78 valence electrons. The van der Waals surface area contributed by atoms with Crippen molar-refractivity contribution >= 4 is 11.9 Å². The molecule has 0 aromatic carbocycles. The molecule has 6 heteroatoms. The first kappa shape index (κ1) is 14.4. The van der Waals surface area contributed by atoms with Gasteiger partial charge >= 0.3 is 11.9 Å². The molecule has 0 saturated carbocycles. The molecule has 0 aliphatic heterocycles. The van der Waals surface area contributed by atoms with E-state index in [0.717, 1.165) is 0 Å². The smallest absolute Gasteiger partial charge is 0.305 e. The van der Waals surface area contributed by atoms with Crippen LogP contribution >= 0.6 is 0 Å². The summed E-state index contributed by atoms with van der Waals surface area (Å²) in [7, 11) is 0. The van der Waals surface area contributed by atoms with Crippen LogP contribution in [0.25, 0.3) is 0 Å². The van der Waals surface area contributed by atoms with E-state index in [1.807, 2.05) is 0 Å². The molecule has 0 heterocycles. The van der Waals surface area contributed by atoms with Crippen molar-refractivity contribution in [3.63, 3.8) is 0 Å². The number of hydrogen-bond acceptors (Lipinski definition) is 6. The van der Waals surface area contributed by atoms with Crippen molar-refractivity contribution in [2.45, 2.75) is 13.8 Å². The van der Waals surface area contributed by atoms with E-state index < -0.39 is 11.9 Å². The van der Waals surface area contributed by atoms with E-state index in [1.54, 1.807) is 0 Å². The number of carbonyl (C=O) groups is 2. The third-order valence-corrected chi connectivity index (χ3v) is 0.624. The summed E-state index contributed by atoms with van der Waals surface area (Å²) in [5.41, 5.74) is 0. The van der Waals surface area contributed by atoms with E-state index in [-0.39, 0.29) is 20.0 Å². The summed E-state index contributed by atoms with van der Waals surface area (Å²) in [4.78, 5) is 20.0. The van der Waals surface area contributed by atoms with Crippen molar-refractivity contribution in [3.05, 3.63) is 0 Å². The summed E-state index contributed by atoms with van der Waals surface area (Å²) in [6, 6.07) is 0. The van der Waals surface area contributed by atoms with Crippen LogP contribution in [0.4, 0.5) is 0 Å². The maximum absolute atomic E-state index is 10.0. The second-order valence-electron chi connectivity index (χ2n) is 1.84. The van der Waals surface area contributed by atoms with Gasteiger partial charge in [0.05, 0.1) is 13.2 Å². The molecule has 0 amide bonds. The Morgan fingerprint density at radius 1 is 1.00 bits per heavy atom. The molecule has 0 rings (SSSR count). The topological polar surface area (TPSA) is 93.1 Å². The number of ether oxygens (including phenoxy) is 2. The molecule has 2 N–H and O–H groups in total. The summed E-state index contributed by atoms with van der Waals surface area (Å²) in [5, 5.41) is 15.2. The van der Waals surface area contributed by atoms with Gasteiger partial charge < -0.3 is 19.7 Å². The fraction of sp³-hybridized carbons (Fsp3) is 0.714. The molecular weight excluding hydrogens is 180 g/mol. The van der Waals surface area contributed by atoms with Gasteiger partial charge in [-0.15, -0.1) is 0 Å². The monoisotopic (exact) mass is 194 g/mol. The van der Waals surface area contributed by atoms with Crippen LogP contribution < -0.4 is 0 Å². The number of hydrogen-bond donors (Lipinski definition) is 2. The third kappa shape index (κ3) is 24.8. The van der Waals surface area contributed by atoms with Crippen LogP contribution in [0.1, 0.15) is 13.8 Å². The number of esters is 2. The minimum Gasteiger partial charge on any atom is -0.428 e. The minimum absolute atomic E-state index is 0.125. The molecule has 0 bridgehead atoms. The van der Waals surface area contributed by atoms with Gasteiger partial charge in [-0.05, 0) is 0 Å². The van der Waals surface area contributed by atoms with Gasteiger partial charge in [-0.3, -0.25) is 9.59 Å². The maximum Gasteiger partial charge on any atom is 0.305 e. The first-order chi connectivity index (χ1) is 6.04. The molecule has 0 unspecified atom stereocenters. The Hall–Kier alpha value is -1.14. The van der Waals surface area contributed by atoms with Crippen molar-refractivity contribution in [3.8, 4) is 0 Å². The molecule has 6 nitrogen and oxygen atoms in total. The highest BCUT2D eigenvalue weighted by Crippen LogP contribution is 1.79. The zero-order chi connectivity index (χ0) is 10.7. The Bertz CT molecular complexity index is 128. The highest BCUT2D eigenvalue weighted by Gasteiger charge is 1.93. The molecule has 0 aromatic heterocycles. The molecule has 0 aliphatic rings. The lowest BCUT2D eigenvalue weighted by molar-refractivity contribution is -0.163. The zero-order valence-electron chi connectivity index (χ0n) is 7.65. The van der Waals surface area contributed by atoms with Crippen molar-refractivity contribution in [1.29, 1.82) is 0 Å². The average Bonchev–Trinajstić information content (AvgIpc) is 2.03. The van der Waals surface area contributed by atoms with Gasteiger partial charge in [-0.1, -0.05) is 0 Å². The number of rotatable bonds is 3. The van der Waals surface area contributed by atoms with Crippen LogP contribution in [0.2, 0.25) is 0 Å². The van der Waals surface area contributed by atoms with Crippen LogP contribution in [0.15, 0.2) is 0 Å². The van der Waals surface area contributed by atoms with E-state index in [4.69, 9.17) is 10.2 Å². The summed E-state index contributed by atoms with van der Waals surface area (Å²) in [6.07, 6.45) is 0. The van der Waals surface area contributed by atoms with Crippen molar-refractivity contribution in [2.75, 3.05) is 20.0 Å². The molecule has 13 heavy (non-hydrogen) atoms. The fourth-order valence-electron chi connectivity index (χ4n) is 0.195. The number of aliphatic hydroxyl groups excluding tert-OH is 2. The molecule has 0 atom stereocenters. The molecule has 0 aliphatic carbocycles. The average molecular weight is 194 g/mol. The van der Waals surface area contributed by atoms with Crippen LogP contribution in [0.5, 0.6) is 0 Å². The first-order valence-corrected chi connectivity index (χ1v) is 3.53. The lowest BCUT2D eigenvalue weighted by Crippen LogP contribution is -2.07. The van der Waals surface area contributed by atoms with Crippen LogP contribution in [-0.4, -0.2) is 42.2 Å². The van der Waals surface area contributed by atoms with E-state index in [2.05, 4.69) is 9.47 Å². The summed E-state index contributed by atoms with van der Waals surface area (Å²) in [5.74, 6) is -0.924. The zero-order valence-corrected chi connectivity index (χ0v) is 7.65. The predicted octanol–water partition coefficient (Wildman–Crippen LogP) is -0.959. The van der Waals surface area contributed by atoms with E-state index >= 15 is 0 Å². The summed E-state index contributed by atoms with van der Waals surface area (Å²) < 4.78 is 8.54. The minimum atomic E-state index is -0.462. The van der Waals surface area contributed by atoms with Crippen LogP contribution in [0, 0.1) is 0 Å². The normalized spacial score (nSPS) is 8.00. The Balaban J connectivity index is 0. The SMILES string of the molecule is CC(=O)OCOC(C)=O.OCCO. The molecule has 0 aromatic rings. The van der Waals surface area contributed by atoms with E-state index in [1.165, 1.54) is 13.8 Å². The fourth-order valence-corrected chi connectivity index (χ4v) is 0.195. The van der Waals surface area contributed by atoms with E-state index in [0.29, 0.717) is 0 Å². The highest BCUT2D eigenvalue weighted by atomic mass is 16.7. The van der Waals surface area contributed by atoms with Gasteiger partial charge in [-0.25, -0.2) is 0 Å². The molecule has 0 radical (unpaired) electrons. The lowest BCUT2D eigenvalue weighted by Gasteiger charge is -1.99. The Kier molecular flexibility index (Phi) is 12.0. The third-order valence-electron chi connectivity index (χ3n) is 0.624. The van der Waals surface area contributed by atoms with E-state index in [9.17, 15) is 9.59 Å². The van der Waals surface area contributed by atoms with Crippen molar-refractivity contribution < 1.29 is 29.3 Å². The van der Waals surface area contributed by atoms with Gasteiger partial charge in [-0.2, -0.15) is 0 Å². The number of aliphatic hydroxyl groups is 2. The second kappa shape index (κ2) is 10.9. The molecule has 0 saturated heterocycles. The van der Waals surface area contributed by atoms with Gasteiger partial charge in [0.15, 0.2) is 0 Å². The molecule has 0 spiro atoms. The highest BCUT2D eigenvalue weighted by molar-refractivity contribution is 5.67. The standard InChI is InChI=1S/C5H8O4.C2H6O2/c1-4(6)8-3-9-5(2)7;3-1-2-4/h3H2,1-2H3;3-4H,1-2H2. The quantitative estimate of drug-likeness (QED) is 0.444. The van der Waals surface area contributed by atoms with Gasteiger partial charge in [0.25, 0.3) is 0 Å². The molecular formula is C7H14O6. The Labute approximate surface area is 76.1 Å². The summed E-state index contributed by atoms with van der Waals surface area (Å²) >= 11 is 0. The largest absolute Gasteiger partial charge is 0.428 e. The second-order valence-corrected chi connectivity index (χ2v) is 1.84. The molecule has 0 fully saturated rings. The maximum atomic E-state index is 10.0. The number of carbonyl (C=O) groups excluding carboxylic acids is 2. The summed E-state index contributed by atoms with van der Waals surface area (Å²) in [6.45, 7) is 1.94. The van der Waals surface area contributed by atoms with Gasteiger partial charge in [0.1, 0.15) is 0 Å². The van der Waals surface area contributed by atoms with Crippen molar-refractivity contribution in [2.24, 2.45) is 0 Å². The Morgan fingerprint density at radius 2 is 1.31 bits per heavy atom. The first-order valence-electron chi connectivity index (χ1n) is 3.53. The lowest BCUT2D eigenvalue weighted by atomic mass is 10.8. The van der Waals surface area contributed by atoms with Crippen molar-refractivity contribution in [1.82, 2.24) is 0 Å². The van der Waals surface area contributed by atoms with Gasteiger partial charge in [0, 0.05) is 13.8 Å². The predicted molar refractivity (Wildman–Crippen MR) is 42.6 cm³/mol. The van der Waals surface area contributed by atoms with Crippen LogP contribution in [-0.2, 0) is 19.1 Å².